The lowest BCUT2D eigenvalue weighted by atomic mass is 10.1. The summed E-state index contributed by atoms with van der Waals surface area (Å²) in [5.41, 5.74) is 0.776. The first-order valence-corrected chi connectivity index (χ1v) is 7.59. The van der Waals surface area contributed by atoms with Gasteiger partial charge in [-0.15, -0.1) is 0 Å². The lowest BCUT2D eigenvalue weighted by Crippen LogP contribution is -2.14. The lowest BCUT2D eigenvalue weighted by molar-refractivity contribution is 0.0550. The van der Waals surface area contributed by atoms with E-state index in [0.717, 1.165) is 0 Å². The van der Waals surface area contributed by atoms with E-state index in [9.17, 15) is 9.59 Å². The number of methoxy groups -OCH3 is 2. The molecule has 0 atom stereocenters. The number of hydrogen-bond acceptors (Lipinski definition) is 5. The van der Waals surface area contributed by atoms with Crippen molar-refractivity contribution in [3.05, 3.63) is 63.1 Å². The average Bonchev–Trinajstić information content (AvgIpc) is 2.57. The van der Waals surface area contributed by atoms with Gasteiger partial charge >= 0.3 is 11.9 Å². The Bertz CT molecular complexity index is 753. The normalized spacial score (nSPS) is 10.2. The summed E-state index contributed by atoms with van der Waals surface area (Å²) in [5.74, 6) is -1.16. The number of halogens is 2. The Hall–Kier alpha value is -2.24. The highest BCUT2D eigenvalue weighted by Crippen LogP contribution is 2.26. The van der Waals surface area contributed by atoms with Gasteiger partial charge in [0, 0.05) is 10.0 Å². The van der Waals surface area contributed by atoms with Crippen LogP contribution in [0.15, 0.2) is 36.4 Å². The largest absolute Gasteiger partial charge is 0.488 e. The van der Waals surface area contributed by atoms with Crippen LogP contribution in [0.5, 0.6) is 5.75 Å². The molecule has 0 aliphatic carbocycles. The maximum absolute atomic E-state index is 12.0. The van der Waals surface area contributed by atoms with E-state index < -0.39 is 11.9 Å². The molecule has 2 rings (SSSR count). The Labute approximate surface area is 149 Å². The van der Waals surface area contributed by atoms with Crippen LogP contribution in [0.2, 0.25) is 10.0 Å². The minimum absolute atomic E-state index is 0.0000231. The molecule has 0 saturated carbocycles. The lowest BCUT2D eigenvalue weighted by Gasteiger charge is -2.13. The van der Waals surface area contributed by atoms with Crippen molar-refractivity contribution in [2.45, 2.75) is 6.61 Å². The maximum Gasteiger partial charge on any atom is 0.342 e. The van der Waals surface area contributed by atoms with Crippen LogP contribution in [0.4, 0.5) is 0 Å². The van der Waals surface area contributed by atoms with Gasteiger partial charge in [0.1, 0.15) is 17.9 Å². The molecule has 2 aromatic carbocycles. The van der Waals surface area contributed by atoms with Crippen molar-refractivity contribution >= 4 is 35.1 Å². The van der Waals surface area contributed by atoms with E-state index in [1.165, 1.54) is 20.3 Å². The zero-order valence-corrected chi connectivity index (χ0v) is 14.5. The minimum atomic E-state index is -0.699. The molecule has 0 saturated heterocycles. The van der Waals surface area contributed by atoms with E-state index in [0.29, 0.717) is 15.6 Å². The molecule has 126 valence electrons. The standard InChI is InChI=1S/C17H14Cl2O5/c1-22-16(20)13-4-3-5-14(15(13)17(21)23-2)24-9-10-6-11(18)8-12(19)7-10/h3-8H,9H2,1-2H3. The first-order valence-electron chi connectivity index (χ1n) is 6.83. The first kappa shape index (κ1) is 18.1. The number of carbonyl (C=O) groups is 2. The molecule has 0 aromatic heterocycles. The summed E-state index contributed by atoms with van der Waals surface area (Å²) in [4.78, 5) is 23.9. The highest BCUT2D eigenvalue weighted by molar-refractivity contribution is 6.34. The zero-order valence-electron chi connectivity index (χ0n) is 13.0. The number of rotatable bonds is 5. The summed E-state index contributed by atoms with van der Waals surface area (Å²) in [6.07, 6.45) is 0. The predicted molar refractivity (Wildman–Crippen MR) is 89.9 cm³/mol. The molecule has 0 unspecified atom stereocenters. The summed E-state index contributed by atoms with van der Waals surface area (Å²) in [6, 6.07) is 9.58. The molecular weight excluding hydrogens is 355 g/mol. The van der Waals surface area contributed by atoms with Gasteiger partial charge in [-0.3, -0.25) is 0 Å². The van der Waals surface area contributed by atoms with Crippen molar-refractivity contribution < 1.29 is 23.8 Å². The fraction of sp³-hybridized carbons (Fsp3) is 0.176. The van der Waals surface area contributed by atoms with E-state index >= 15 is 0 Å². The number of benzene rings is 2. The number of carbonyl (C=O) groups excluding carboxylic acids is 2. The van der Waals surface area contributed by atoms with Crippen LogP contribution in [-0.4, -0.2) is 26.2 Å². The number of esters is 2. The zero-order chi connectivity index (χ0) is 17.7. The molecule has 5 nitrogen and oxygen atoms in total. The van der Waals surface area contributed by atoms with E-state index in [1.807, 2.05) is 0 Å². The van der Waals surface area contributed by atoms with Crippen molar-refractivity contribution in [3.8, 4) is 5.75 Å². The Balaban J connectivity index is 2.35. The Morgan fingerprint density at radius 3 is 2.17 bits per heavy atom. The summed E-state index contributed by atoms with van der Waals surface area (Å²) >= 11 is 11.9. The van der Waals surface area contributed by atoms with Gasteiger partial charge in [-0.1, -0.05) is 29.3 Å². The SMILES string of the molecule is COC(=O)c1cccc(OCc2cc(Cl)cc(Cl)c2)c1C(=O)OC. The number of ether oxygens (including phenoxy) is 3. The fourth-order valence-corrected chi connectivity index (χ4v) is 2.67. The second kappa shape index (κ2) is 8.04. The molecule has 0 aliphatic heterocycles. The Kier molecular flexibility index (Phi) is 6.06. The molecule has 0 radical (unpaired) electrons. The molecule has 0 aliphatic rings. The fourth-order valence-electron chi connectivity index (χ4n) is 2.10. The molecule has 24 heavy (non-hydrogen) atoms. The van der Waals surface area contributed by atoms with Crippen LogP contribution >= 0.6 is 23.2 Å². The van der Waals surface area contributed by atoms with E-state index in [4.69, 9.17) is 32.7 Å². The highest BCUT2D eigenvalue weighted by atomic mass is 35.5. The van der Waals surface area contributed by atoms with Crippen LogP contribution in [0.25, 0.3) is 0 Å². The van der Waals surface area contributed by atoms with Crippen LogP contribution in [0.1, 0.15) is 26.3 Å². The van der Waals surface area contributed by atoms with Crippen molar-refractivity contribution in [1.29, 1.82) is 0 Å². The second-order valence-electron chi connectivity index (χ2n) is 4.73. The molecule has 0 bridgehead atoms. The third kappa shape index (κ3) is 4.19. The van der Waals surface area contributed by atoms with Gasteiger partial charge in [0.2, 0.25) is 0 Å². The molecule has 7 heteroatoms. The van der Waals surface area contributed by atoms with Crippen molar-refractivity contribution in [2.75, 3.05) is 14.2 Å². The molecule has 0 amide bonds. The third-order valence-corrected chi connectivity index (χ3v) is 3.57. The quantitative estimate of drug-likeness (QED) is 0.741. The van der Waals surface area contributed by atoms with Crippen LogP contribution in [0.3, 0.4) is 0 Å². The van der Waals surface area contributed by atoms with Crippen molar-refractivity contribution in [3.63, 3.8) is 0 Å². The Morgan fingerprint density at radius 2 is 1.58 bits per heavy atom. The van der Waals surface area contributed by atoms with Crippen LogP contribution in [0, 0.1) is 0 Å². The average molecular weight is 369 g/mol. The molecule has 0 heterocycles. The molecular formula is C17H14Cl2O5. The van der Waals surface area contributed by atoms with Gasteiger partial charge < -0.3 is 14.2 Å². The smallest absolute Gasteiger partial charge is 0.342 e. The molecule has 0 fully saturated rings. The molecule has 0 spiro atoms. The first-order chi connectivity index (χ1) is 11.5. The van der Waals surface area contributed by atoms with E-state index in [1.54, 1.807) is 30.3 Å². The summed E-state index contributed by atoms with van der Waals surface area (Å²) in [6.45, 7) is 0.106. The van der Waals surface area contributed by atoms with Gasteiger partial charge in [0.05, 0.1) is 19.8 Å². The van der Waals surface area contributed by atoms with E-state index in [2.05, 4.69) is 4.74 Å². The van der Waals surface area contributed by atoms with Crippen LogP contribution < -0.4 is 4.74 Å². The summed E-state index contributed by atoms with van der Waals surface area (Å²) < 4.78 is 15.1. The summed E-state index contributed by atoms with van der Waals surface area (Å²) in [5, 5.41) is 0.940. The van der Waals surface area contributed by atoms with Gasteiger partial charge in [-0.05, 0) is 35.9 Å². The van der Waals surface area contributed by atoms with Gasteiger partial charge in [0.25, 0.3) is 0 Å². The maximum atomic E-state index is 12.0. The Morgan fingerprint density at radius 1 is 0.958 bits per heavy atom. The predicted octanol–water partition coefficient (Wildman–Crippen LogP) is 4.15. The highest BCUT2D eigenvalue weighted by Gasteiger charge is 2.23. The number of hydrogen-bond donors (Lipinski definition) is 0. The summed E-state index contributed by atoms with van der Waals surface area (Å²) in [7, 11) is 2.45. The topological polar surface area (TPSA) is 61.8 Å². The second-order valence-corrected chi connectivity index (χ2v) is 5.60. The van der Waals surface area contributed by atoms with Crippen LogP contribution in [-0.2, 0) is 16.1 Å². The third-order valence-electron chi connectivity index (χ3n) is 3.14. The van der Waals surface area contributed by atoms with Crippen molar-refractivity contribution in [1.82, 2.24) is 0 Å². The van der Waals surface area contributed by atoms with Crippen molar-refractivity contribution in [2.24, 2.45) is 0 Å². The molecule has 2 aromatic rings. The van der Waals surface area contributed by atoms with Gasteiger partial charge in [0.15, 0.2) is 0 Å². The van der Waals surface area contributed by atoms with Gasteiger partial charge in [-0.2, -0.15) is 0 Å². The van der Waals surface area contributed by atoms with E-state index in [-0.39, 0.29) is 23.5 Å². The molecule has 0 N–H and O–H groups in total. The monoisotopic (exact) mass is 368 g/mol. The minimum Gasteiger partial charge on any atom is -0.488 e. The van der Waals surface area contributed by atoms with Gasteiger partial charge in [-0.25, -0.2) is 9.59 Å².